The number of aliphatic hydroxyl groups excluding tert-OH is 2. The van der Waals surface area contributed by atoms with E-state index in [1.54, 1.807) is 0 Å². The van der Waals surface area contributed by atoms with Crippen molar-refractivity contribution in [1.82, 2.24) is 5.32 Å². The minimum absolute atomic E-state index is 0.140. The van der Waals surface area contributed by atoms with E-state index in [0.29, 0.717) is 5.92 Å². The smallest absolute Gasteiger partial charge is 0.259 e. The third-order valence-corrected chi connectivity index (χ3v) is 8.31. The summed E-state index contributed by atoms with van der Waals surface area (Å²) in [4.78, 5) is 25.6. The van der Waals surface area contributed by atoms with E-state index in [4.69, 9.17) is 0 Å². The maximum atomic E-state index is 12.9. The second kappa shape index (κ2) is 7.12. The number of hydrogen-bond donors (Lipinski definition) is 3. The summed E-state index contributed by atoms with van der Waals surface area (Å²) in [5.41, 5.74) is -1.51. The number of Topliss-reactive ketones (excluding diaryl/α,β-unsaturated/α-hetero) is 1. The minimum atomic E-state index is -1.02. The van der Waals surface area contributed by atoms with E-state index in [9.17, 15) is 19.8 Å². The first-order valence-electron chi connectivity index (χ1n) is 10.7. The highest BCUT2D eigenvalue weighted by Crippen LogP contribution is 2.68. The molecule has 1 aliphatic heterocycles. The highest BCUT2D eigenvalue weighted by atomic mass is 16.3. The third kappa shape index (κ3) is 2.92. The molecular weight excluding hydrogens is 366 g/mol. The molecule has 2 fully saturated rings. The molecular formula is C24H35NO4. The fourth-order valence-electron chi connectivity index (χ4n) is 6.11. The van der Waals surface area contributed by atoms with E-state index in [-0.39, 0.29) is 28.1 Å². The average Bonchev–Trinajstić information content (AvgIpc) is 2.94. The number of allylic oxidation sites excluding steroid dienone is 5. The molecule has 0 aromatic heterocycles. The minimum Gasteiger partial charge on any atom is -0.511 e. The lowest BCUT2D eigenvalue weighted by Gasteiger charge is -2.63. The number of hydrogen-bond acceptors (Lipinski definition) is 4. The predicted molar refractivity (Wildman–Crippen MR) is 113 cm³/mol. The Morgan fingerprint density at radius 1 is 1.31 bits per heavy atom. The van der Waals surface area contributed by atoms with Crippen LogP contribution in [0.1, 0.15) is 60.8 Å². The molecule has 2 aliphatic carbocycles. The molecule has 0 bridgehead atoms. The topological polar surface area (TPSA) is 86.6 Å². The van der Waals surface area contributed by atoms with Gasteiger partial charge >= 0.3 is 0 Å². The second-order valence-electron chi connectivity index (χ2n) is 9.99. The molecule has 29 heavy (non-hydrogen) atoms. The molecule has 1 saturated carbocycles. The van der Waals surface area contributed by atoms with Crippen LogP contribution in [-0.2, 0) is 9.59 Å². The summed E-state index contributed by atoms with van der Waals surface area (Å²) in [6, 6.07) is -1.01. The van der Waals surface area contributed by atoms with Gasteiger partial charge in [0.15, 0.2) is 5.78 Å². The van der Waals surface area contributed by atoms with Crippen LogP contribution in [0, 0.1) is 28.1 Å². The van der Waals surface area contributed by atoms with Crippen LogP contribution >= 0.6 is 0 Å². The summed E-state index contributed by atoms with van der Waals surface area (Å²) in [6.07, 6.45) is 10.3. The van der Waals surface area contributed by atoms with Crippen LogP contribution in [0.2, 0.25) is 0 Å². The van der Waals surface area contributed by atoms with Crippen LogP contribution in [0.5, 0.6) is 0 Å². The summed E-state index contributed by atoms with van der Waals surface area (Å²) >= 11 is 0. The molecule has 3 N–H and O–H groups in total. The largest absolute Gasteiger partial charge is 0.511 e. The van der Waals surface area contributed by atoms with Crippen LogP contribution in [0.4, 0.5) is 0 Å². The molecule has 3 rings (SSSR count). The van der Waals surface area contributed by atoms with Gasteiger partial charge in [0.25, 0.3) is 5.91 Å². The summed E-state index contributed by atoms with van der Waals surface area (Å²) in [6.45, 7) is 12.1. The van der Waals surface area contributed by atoms with E-state index in [2.05, 4.69) is 38.2 Å². The van der Waals surface area contributed by atoms with Crippen LogP contribution in [-0.4, -0.2) is 34.0 Å². The number of carbonyl (C=O) groups excluding carboxylic acids is 2. The van der Waals surface area contributed by atoms with E-state index in [1.165, 1.54) is 6.92 Å². The van der Waals surface area contributed by atoms with Crippen molar-refractivity contribution in [3.63, 3.8) is 0 Å². The maximum absolute atomic E-state index is 12.9. The van der Waals surface area contributed by atoms with E-state index >= 15 is 0 Å². The zero-order chi connectivity index (χ0) is 21.8. The fourth-order valence-corrected chi connectivity index (χ4v) is 6.11. The van der Waals surface area contributed by atoms with Crippen LogP contribution < -0.4 is 5.32 Å². The zero-order valence-electron chi connectivity index (χ0n) is 18.5. The van der Waals surface area contributed by atoms with Crippen molar-refractivity contribution < 1.29 is 19.8 Å². The van der Waals surface area contributed by atoms with Gasteiger partial charge in [0, 0.05) is 11.3 Å². The number of aliphatic hydroxyl groups is 2. The van der Waals surface area contributed by atoms with Crippen molar-refractivity contribution in [2.75, 3.05) is 0 Å². The molecule has 7 atom stereocenters. The quantitative estimate of drug-likeness (QED) is 0.290. The number of rotatable bonds is 3. The lowest BCUT2D eigenvalue weighted by Crippen LogP contribution is -2.57. The summed E-state index contributed by atoms with van der Waals surface area (Å²) in [7, 11) is 0. The average molecular weight is 402 g/mol. The van der Waals surface area contributed by atoms with E-state index in [0.717, 1.165) is 19.3 Å². The molecule has 2 unspecified atom stereocenters. The van der Waals surface area contributed by atoms with Crippen molar-refractivity contribution >= 4 is 11.7 Å². The molecule has 5 nitrogen and oxygen atoms in total. The molecule has 3 aliphatic rings. The van der Waals surface area contributed by atoms with Gasteiger partial charge in [-0.05, 0) is 43.4 Å². The highest BCUT2D eigenvalue weighted by molar-refractivity contribution is 6.27. The summed E-state index contributed by atoms with van der Waals surface area (Å²) < 4.78 is 0. The molecule has 0 aromatic carbocycles. The molecule has 1 saturated heterocycles. The Balaban J connectivity index is 2.24. The lowest BCUT2D eigenvalue weighted by molar-refractivity contribution is -0.120. The monoisotopic (exact) mass is 401 g/mol. The molecule has 5 heteroatoms. The first-order valence-corrected chi connectivity index (χ1v) is 10.7. The standard InChI is InChI=1S/C24H35NO4/c1-7-8-16-10-11-22(4)13-14(2)9-12-23(22,5)24(16,6)20(28)17-19(27)18(15(3)26)25-21(17)29/h7-8,10-11,14-16,18,26,28H,9,12-13H2,1-6H3,(H,25,29)/b8-7+,20-17+/t14-,15?,16-,18?,22-,23-,24+/m1/s1. The van der Waals surface area contributed by atoms with Crippen molar-refractivity contribution in [3.05, 3.63) is 35.6 Å². The SMILES string of the molecule is C/C=C/[C@@H]1C=C[C@]2(C)C[C@H](C)CC[C@@]2(C)[C@]1(C)/C(O)=C1\C(=O)NC(C(C)O)C1=O. The maximum Gasteiger partial charge on any atom is 0.259 e. The van der Waals surface area contributed by atoms with Gasteiger partial charge in [-0.3, -0.25) is 9.59 Å². The number of nitrogens with one attached hydrogen (secondary N) is 1. The Morgan fingerprint density at radius 2 is 1.97 bits per heavy atom. The van der Waals surface area contributed by atoms with Crippen molar-refractivity contribution in [2.45, 2.75) is 73.0 Å². The molecule has 1 amide bonds. The van der Waals surface area contributed by atoms with E-state index < -0.39 is 29.3 Å². The Labute approximate surface area is 174 Å². The number of amides is 1. The molecule has 160 valence electrons. The second-order valence-corrected chi connectivity index (χ2v) is 9.99. The van der Waals surface area contributed by atoms with E-state index in [1.807, 2.05) is 26.0 Å². The number of ketones is 1. The van der Waals surface area contributed by atoms with Gasteiger partial charge < -0.3 is 15.5 Å². The van der Waals surface area contributed by atoms with Crippen molar-refractivity contribution in [2.24, 2.45) is 28.1 Å². The van der Waals surface area contributed by atoms with Gasteiger partial charge in [0.2, 0.25) is 0 Å². The molecule has 0 aromatic rings. The van der Waals surface area contributed by atoms with Crippen molar-refractivity contribution in [1.29, 1.82) is 0 Å². The van der Waals surface area contributed by atoms with Gasteiger partial charge in [-0.1, -0.05) is 58.4 Å². The Morgan fingerprint density at radius 3 is 2.52 bits per heavy atom. The highest BCUT2D eigenvalue weighted by Gasteiger charge is 2.63. The molecule has 0 spiro atoms. The zero-order valence-corrected chi connectivity index (χ0v) is 18.5. The first-order chi connectivity index (χ1) is 13.4. The summed E-state index contributed by atoms with van der Waals surface area (Å²) in [5.74, 6) is -0.822. The fraction of sp³-hybridized carbons (Fsp3) is 0.667. The number of carbonyl (C=O) groups is 2. The summed E-state index contributed by atoms with van der Waals surface area (Å²) in [5, 5.41) is 24.0. The van der Waals surface area contributed by atoms with Gasteiger partial charge in [0.1, 0.15) is 17.4 Å². The van der Waals surface area contributed by atoms with Crippen LogP contribution in [0.15, 0.2) is 35.6 Å². The van der Waals surface area contributed by atoms with Crippen LogP contribution in [0.25, 0.3) is 0 Å². The molecule has 1 heterocycles. The predicted octanol–water partition coefficient (Wildman–Crippen LogP) is 3.85. The van der Waals surface area contributed by atoms with Gasteiger partial charge in [-0.2, -0.15) is 0 Å². The van der Waals surface area contributed by atoms with Gasteiger partial charge in [-0.25, -0.2) is 0 Å². The Kier molecular flexibility index (Phi) is 5.36. The number of fused-ring (bicyclic) bond motifs is 1. The van der Waals surface area contributed by atoms with Gasteiger partial charge in [-0.15, -0.1) is 0 Å². The van der Waals surface area contributed by atoms with Gasteiger partial charge in [0.05, 0.1) is 6.10 Å². The normalized spacial score (nSPS) is 45.3. The first kappa shape index (κ1) is 21.8. The lowest BCUT2D eigenvalue weighted by atomic mass is 9.40. The Hall–Kier alpha value is -1.88. The van der Waals surface area contributed by atoms with Crippen LogP contribution in [0.3, 0.4) is 0 Å². The Bertz CT molecular complexity index is 810. The molecule has 0 radical (unpaired) electrons. The third-order valence-electron chi connectivity index (χ3n) is 8.31. The van der Waals surface area contributed by atoms with Crippen molar-refractivity contribution in [3.8, 4) is 0 Å².